The van der Waals surface area contributed by atoms with Gasteiger partial charge in [0.15, 0.2) is 5.78 Å². The lowest BCUT2D eigenvalue weighted by Gasteiger charge is -2.39. The number of fused-ring (bicyclic) bond motifs is 1. The van der Waals surface area contributed by atoms with Crippen LogP contribution in [0.3, 0.4) is 0 Å². The number of aliphatic hydroxyl groups excluding tert-OH is 4. The van der Waals surface area contributed by atoms with E-state index in [2.05, 4.69) is 6.58 Å². The number of carbonyl (C=O) groups is 1. The second-order valence-electron chi connectivity index (χ2n) is 8.26. The lowest BCUT2D eigenvalue weighted by molar-refractivity contribution is -0.277. The Labute approximate surface area is 201 Å². The second-order valence-corrected chi connectivity index (χ2v) is 8.26. The zero-order chi connectivity index (χ0) is 24.9. The Hall–Kier alpha value is -3.21. The maximum absolute atomic E-state index is 13.4. The van der Waals surface area contributed by atoms with Crippen molar-refractivity contribution in [1.82, 2.24) is 0 Å². The van der Waals surface area contributed by atoms with E-state index in [9.17, 15) is 25.2 Å². The summed E-state index contributed by atoms with van der Waals surface area (Å²) in [6, 6.07) is 12.3. The van der Waals surface area contributed by atoms with E-state index in [1.54, 1.807) is 24.5 Å². The Morgan fingerprint density at radius 1 is 1.06 bits per heavy atom. The van der Waals surface area contributed by atoms with Gasteiger partial charge in [-0.15, -0.1) is 0 Å². The number of benzene rings is 2. The summed E-state index contributed by atoms with van der Waals surface area (Å²) in [6.07, 6.45) is -3.58. The monoisotopic (exact) mass is 484 g/mol. The number of ketones is 1. The van der Waals surface area contributed by atoms with Crippen LogP contribution in [0.5, 0.6) is 11.5 Å². The quantitative estimate of drug-likeness (QED) is 0.251. The minimum atomic E-state index is -1.62. The first-order chi connectivity index (χ1) is 16.9. The number of rotatable bonds is 10. The lowest BCUT2D eigenvalue weighted by atomic mass is 9.98. The summed E-state index contributed by atoms with van der Waals surface area (Å²) >= 11 is 0. The summed E-state index contributed by atoms with van der Waals surface area (Å²) in [5.74, 6) is 0.0741. The molecule has 9 nitrogen and oxygen atoms in total. The van der Waals surface area contributed by atoms with Gasteiger partial charge in [0.05, 0.1) is 12.9 Å². The maximum Gasteiger partial charge on any atom is 0.229 e. The predicted octanol–water partition coefficient (Wildman–Crippen LogP) is 1.99. The van der Waals surface area contributed by atoms with E-state index in [0.717, 1.165) is 16.5 Å². The molecule has 1 aliphatic heterocycles. The molecule has 35 heavy (non-hydrogen) atoms. The van der Waals surface area contributed by atoms with Crippen molar-refractivity contribution in [3.05, 3.63) is 72.5 Å². The van der Waals surface area contributed by atoms with Crippen molar-refractivity contribution in [3.63, 3.8) is 0 Å². The fourth-order valence-corrected chi connectivity index (χ4v) is 4.00. The normalized spacial score (nSPS) is 24.3. The molecule has 5 atom stereocenters. The highest BCUT2D eigenvalue weighted by Crippen LogP contribution is 2.33. The van der Waals surface area contributed by atoms with Crippen LogP contribution in [0.4, 0.5) is 0 Å². The Morgan fingerprint density at radius 3 is 2.63 bits per heavy atom. The van der Waals surface area contributed by atoms with Gasteiger partial charge in [-0.3, -0.25) is 4.79 Å². The number of carbonyl (C=O) groups excluding carboxylic acids is 1. The molecule has 1 saturated heterocycles. The van der Waals surface area contributed by atoms with Gasteiger partial charge >= 0.3 is 0 Å². The standard InChI is InChI=1S/C26H28O9/c1-2-11-32-19-4-3-5-20(34-26-25(31)24(30)23(29)21(14-27)35-26)22(19)17(28)8-6-15-7-9-18-16(13-15)10-12-33-18/h2-5,7,9-10,12-13,21,23-27,29-31H,1,6,8,11,14H2/t21-,23-,24+,25-,26-/m1/s1. The molecule has 1 fully saturated rings. The van der Waals surface area contributed by atoms with Crippen LogP contribution in [0.25, 0.3) is 11.0 Å². The van der Waals surface area contributed by atoms with E-state index in [4.69, 9.17) is 18.6 Å². The van der Waals surface area contributed by atoms with Crippen LogP contribution in [0.1, 0.15) is 22.3 Å². The van der Waals surface area contributed by atoms with E-state index in [1.807, 2.05) is 24.3 Å². The molecule has 4 rings (SSSR count). The van der Waals surface area contributed by atoms with Gasteiger partial charge in [-0.1, -0.05) is 24.8 Å². The van der Waals surface area contributed by atoms with Crippen molar-refractivity contribution in [2.24, 2.45) is 0 Å². The van der Waals surface area contributed by atoms with Gasteiger partial charge in [0.25, 0.3) is 0 Å². The minimum absolute atomic E-state index is 0.0752. The number of furan rings is 1. The van der Waals surface area contributed by atoms with Gasteiger partial charge in [0, 0.05) is 11.8 Å². The molecule has 0 unspecified atom stereocenters. The Kier molecular flexibility index (Phi) is 7.84. The molecule has 4 N–H and O–H groups in total. The molecule has 2 aromatic carbocycles. The molecular weight excluding hydrogens is 456 g/mol. The third kappa shape index (κ3) is 5.39. The highest BCUT2D eigenvalue weighted by atomic mass is 16.7. The summed E-state index contributed by atoms with van der Waals surface area (Å²) in [7, 11) is 0. The van der Waals surface area contributed by atoms with E-state index in [0.29, 0.717) is 6.42 Å². The van der Waals surface area contributed by atoms with Gasteiger partial charge in [-0.05, 0) is 42.3 Å². The Balaban J connectivity index is 1.57. The molecule has 1 aliphatic rings. The zero-order valence-electron chi connectivity index (χ0n) is 18.9. The first kappa shape index (κ1) is 24.9. The predicted molar refractivity (Wildman–Crippen MR) is 125 cm³/mol. The number of hydrogen-bond acceptors (Lipinski definition) is 9. The van der Waals surface area contributed by atoms with Crippen molar-refractivity contribution in [1.29, 1.82) is 0 Å². The van der Waals surface area contributed by atoms with Crippen molar-refractivity contribution < 1.29 is 43.8 Å². The summed E-state index contributed by atoms with van der Waals surface area (Å²) in [6.45, 7) is 3.19. The van der Waals surface area contributed by atoms with Gasteiger partial charge in [0.1, 0.15) is 53.7 Å². The highest BCUT2D eigenvalue weighted by Gasteiger charge is 2.45. The van der Waals surface area contributed by atoms with Crippen molar-refractivity contribution in [3.8, 4) is 11.5 Å². The molecule has 0 spiro atoms. The highest BCUT2D eigenvalue weighted by molar-refractivity contribution is 6.01. The van der Waals surface area contributed by atoms with E-state index in [-0.39, 0.29) is 35.9 Å². The van der Waals surface area contributed by atoms with E-state index < -0.39 is 37.3 Å². The zero-order valence-corrected chi connectivity index (χ0v) is 18.9. The molecule has 0 amide bonds. The van der Waals surface area contributed by atoms with Crippen LogP contribution in [0.2, 0.25) is 0 Å². The fourth-order valence-electron chi connectivity index (χ4n) is 4.00. The summed E-state index contributed by atoms with van der Waals surface area (Å²) in [5.41, 5.74) is 1.86. The van der Waals surface area contributed by atoms with Crippen LogP contribution in [-0.4, -0.2) is 70.1 Å². The molecule has 0 radical (unpaired) electrons. The first-order valence-corrected chi connectivity index (χ1v) is 11.3. The largest absolute Gasteiger partial charge is 0.489 e. The summed E-state index contributed by atoms with van der Waals surface area (Å²) in [5, 5.41) is 40.8. The molecule has 9 heteroatoms. The smallest absolute Gasteiger partial charge is 0.229 e. The molecule has 2 heterocycles. The van der Waals surface area contributed by atoms with Gasteiger partial charge < -0.3 is 39.1 Å². The third-order valence-electron chi connectivity index (χ3n) is 5.87. The number of hydrogen-bond donors (Lipinski definition) is 4. The molecule has 1 aromatic heterocycles. The van der Waals surface area contributed by atoms with E-state index in [1.165, 1.54) is 6.07 Å². The molecule has 0 bridgehead atoms. The Morgan fingerprint density at radius 2 is 1.86 bits per heavy atom. The van der Waals surface area contributed by atoms with Crippen LogP contribution < -0.4 is 9.47 Å². The van der Waals surface area contributed by atoms with Crippen molar-refractivity contribution >= 4 is 16.8 Å². The van der Waals surface area contributed by atoms with Crippen LogP contribution in [0.15, 0.2) is 65.8 Å². The SMILES string of the molecule is C=CCOc1cccc(O[C@@H]2O[C@H](CO)[C@@H](O)[C@H](O)[C@H]2O)c1C(=O)CCc1ccc2occc2c1. The fraction of sp³-hybridized carbons (Fsp3) is 0.346. The molecule has 3 aromatic rings. The minimum Gasteiger partial charge on any atom is -0.489 e. The second kappa shape index (κ2) is 11.0. The van der Waals surface area contributed by atoms with Crippen LogP contribution in [-0.2, 0) is 11.2 Å². The molecular formula is C26H28O9. The van der Waals surface area contributed by atoms with Crippen molar-refractivity contribution in [2.45, 2.75) is 43.5 Å². The van der Waals surface area contributed by atoms with Crippen molar-refractivity contribution in [2.75, 3.05) is 13.2 Å². The number of ether oxygens (including phenoxy) is 3. The number of aliphatic hydroxyl groups is 4. The molecule has 0 saturated carbocycles. The third-order valence-corrected chi connectivity index (χ3v) is 5.87. The molecule has 0 aliphatic carbocycles. The summed E-state index contributed by atoms with van der Waals surface area (Å²) in [4.78, 5) is 13.4. The molecule has 186 valence electrons. The van der Waals surface area contributed by atoms with Crippen LogP contribution in [0, 0.1) is 0 Å². The lowest BCUT2D eigenvalue weighted by Crippen LogP contribution is -2.60. The summed E-state index contributed by atoms with van der Waals surface area (Å²) < 4.78 is 22.3. The average Bonchev–Trinajstić information content (AvgIpc) is 3.34. The van der Waals surface area contributed by atoms with Crippen LogP contribution >= 0.6 is 0 Å². The maximum atomic E-state index is 13.4. The van der Waals surface area contributed by atoms with E-state index >= 15 is 0 Å². The number of Topliss-reactive ketones (excluding diaryl/α,β-unsaturated/α-hetero) is 1. The van der Waals surface area contributed by atoms with Gasteiger partial charge in [0.2, 0.25) is 6.29 Å². The topological polar surface area (TPSA) is 139 Å². The first-order valence-electron chi connectivity index (χ1n) is 11.3. The number of aryl methyl sites for hydroxylation is 1. The van der Waals surface area contributed by atoms with Gasteiger partial charge in [-0.25, -0.2) is 0 Å². The Bertz CT molecular complexity index is 1170. The average molecular weight is 485 g/mol. The van der Waals surface area contributed by atoms with Gasteiger partial charge in [-0.2, -0.15) is 0 Å².